The highest BCUT2D eigenvalue weighted by molar-refractivity contribution is 5.38. The summed E-state index contributed by atoms with van der Waals surface area (Å²) >= 11 is 0. The molecule has 1 heterocycles. The summed E-state index contributed by atoms with van der Waals surface area (Å²) in [7, 11) is 1.65. The van der Waals surface area contributed by atoms with Gasteiger partial charge in [0, 0.05) is 12.4 Å². The van der Waals surface area contributed by atoms with E-state index in [0.29, 0.717) is 5.82 Å². The van der Waals surface area contributed by atoms with Crippen molar-refractivity contribution in [1.82, 2.24) is 9.97 Å². The molecule has 4 nitrogen and oxygen atoms in total. The van der Waals surface area contributed by atoms with Gasteiger partial charge in [0.05, 0.1) is 13.2 Å². The molecule has 0 amide bonds. The molecule has 0 bridgehead atoms. The molecule has 4 heteroatoms. The van der Waals surface area contributed by atoms with Gasteiger partial charge < -0.3 is 10.5 Å². The summed E-state index contributed by atoms with van der Waals surface area (Å²) in [6.45, 7) is 2.00. The van der Waals surface area contributed by atoms with E-state index in [4.69, 9.17) is 10.5 Å². The van der Waals surface area contributed by atoms with Gasteiger partial charge in [-0.15, -0.1) is 0 Å². The van der Waals surface area contributed by atoms with Crippen LogP contribution in [0.4, 0.5) is 0 Å². The van der Waals surface area contributed by atoms with E-state index >= 15 is 0 Å². The van der Waals surface area contributed by atoms with Crippen molar-refractivity contribution in [1.29, 1.82) is 0 Å². The second-order valence-electron chi connectivity index (χ2n) is 3.81. The molecule has 0 spiro atoms. The van der Waals surface area contributed by atoms with Crippen molar-refractivity contribution in [2.45, 2.75) is 13.0 Å². The standard InChI is InChI=1S/C13H15N3O/c1-9-8-10(17-2)4-5-11(9)12(14)13-15-6-3-7-16-13/h3-8,12H,14H2,1-2H3. The molecule has 88 valence electrons. The predicted molar refractivity (Wildman–Crippen MR) is 65.8 cm³/mol. The van der Waals surface area contributed by atoms with E-state index in [1.165, 1.54) is 0 Å². The molecule has 17 heavy (non-hydrogen) atoms. The van der Waals surface area contributed by atoms with Crippen LogP contribution < -0.4 is 10.5 Å². The van der Waals surface area contributed by atoms with E-state index in [2.05, 4.69) is 9.97 Å². The van der Waals surface area contributed by atoms with Crippen molar-refractivity contribution in [3.05, 3.63) is 53.6 Å². The van der Waals surface area contributed by atoms with E-state index in [-0.39, 0.29) is 6.04 Å². The van der Waals surface area contributed by atoms with Gasteiger partial charge in [-0.1, -0.05) is 6.07 Å². The molecule has 0 aliphatic rings. The topological polar surface area (TPSA) is 61.0 Å². The molecule has 0 saturated carbocycles. The summed E-state index contributed by atoms with van der Waals surface area (Å²) in [5, 5.41) is 0. The maximum Gasteiger partial charge on any atom is 0.149 e. The Morgan fingerprint density at radius 1 is 1.24 bits per heavy atom. The quantitative estimate of drug-likeness (QED) is 0.872. The molecule has 1 aromatic carbocycles. The summed E-state index contributed by atoms with van der Waals surface area (Å²) in [6.07, 6.45) is 3.39. The number of rotatable bonds is 3. The first-order valence-corrected chi connectivity index (χ1v) is 5.39. The van der Waals surface area contributed by atoms with E-state index in [0.717, 1.165) is 16.9 Å². The molecule has 2 rings (SSSR count). The summed E-state index contributed by atoms with van der Waals surface area (Å²) in [6, 6.07) is 7.28. The smallest absolute Gasteiger partial charge is 0.149 e. The largest absolute Gasteiger partial charge is 0.497 e. The highest BCUT2D eigenvalue weighted by Gasteiger charge is 2.13. The van der Waals surface area contributed by atoms with E-state index in [9.17, 15) is 0 Å². The molecule has 0 radical (unpaired) electrons. The first-order chi connectivity index (χ1) is 8.22. The zero-order valence-corrected chi connectivity index (χ0v) is 9.92. The van der Waals surface area contributed by atoms with Crippen LogP contribution in [-0.4, -0.2) is 17.1 Å². The predicted octanol–water partition coefficient (Wildman–Crippen LogP) is 1.84. The lowest BCUT2D eigenvalue weighted by Gasteiger charge is -2.14. The monoisotopic (exact) mass is 229 g/mol. The molecular formula is C13H15N3O. The maximum atomic E-state index is 6.14. The van der Waals surface area contributed by atoms with Crippen LogP contribution in [0, 0.1) is 6.92 Å². The summed E-state index contributed by atoms with van der Waals surface area (Å²) in [5.74, 6) is 1.45. The third kappa shape index (κ3) is 2.42. The molecule has 0 fully saturated rings. The van der Waals surface area contributed by atoms with Gasteiger partial charge >= 0.3 is 0 Å². The summed E-state index contributed by atoms with van der Waals surface area (Å²) in [4.78, 5) is 8.34. The normalized spacial score (nSPS) is 12.2. The number of hydrogen-bond donors (Lipinski definition) is 1. The molecule has 1 unspecified atom stereocenters. The van der Waals surface area contributed by atoms with Crippen LogP contribution in [0.3, 0.4) is 0 Å². The number of aromatic nitrogens is 2. The van der Waals surface area contributed by atoms with Crippen LogP contribution in [0.25, 0.3) is 0 Å². The Balaban J connectivity index is 2.34. The van der Waals surface area contributed by atoms with Gasteiger partial charge in [0.2, 0.25) is 0 Å². The Hall–Kier alpha value is -1.94. The Morgan fingerprint density at radius 3 is 2.53 bits per heavy atom. The number of benzene rings is 1. The minimum atomic E-state index is -0.304. The summed E-state index contributed by atoms with van der Waals surface area (Å²) in [5.41, 5.74) is 8.23. The lowest BCUT2D eigenvalue weighted by atomic mass is 10.0. The number of nitrogens with two attached hydrogens (primary N) is 1. The van der Waals surface area contributed by atoms with Gasteiger partial charge in [0.15, 0.2) is 0 Å². The minimum absolute atomic E-state index is 0.304. The van der Waals surface area contributed by atoms with E-state index in [1.54, 1.807) is 25.6 Å². The number of methoxy groups -OCH3 is 1. The second kappa shape index (κ2) is 4.93. The fraction of sp³-hybridized carbons (Fsp3) is 0.231. The zero-order chi connectivity index (χ0) is 12.3. The van der Waals surface area contributed by atoms with Gasteiger partial charge in [-0.2, -0.15) is 0 Å². The third-order valence-electron chi connectivity index (χ3n) is 2.68. The lowest BCUT2D eigenvalue weighted by Crippen LogP contribution is -2.16. The number of aryl methyl sites for hydroxylation is 1. The highest BCUT2D eigenvalue weighted by Crippen LogP contribution is 2.23. The molecule has 0 saturated heterocycles. The van der Waals surface area contributed by atoms with Crippen molar-refractivity contribution in [3.8, 4) is 5.75 Å². The van der Waals surface area contributed by atoms with Crippen LogP contribution in [0.5, 0.6) is 5.75 Å². The van der Waals surface area contributed by atoms with Gasteiger partial charge in [0.1, 0.15) is 11.6 Å². The second-order valence-corrected chi connectivity index (χ2v) is 3.81. The first kappa shape index (κ1) is 11.5. The van der Waals surface area contributed by atoms with Gasteiger partial charge in [-0.3, -0.25) is 0 Å². The van der Waals surface area contributed by atoms with Crippen molar-refractivity contribution in [2.75, 3.05) is 7.11 Å². The Labute approximate surface area is 100 Å². The SMILES string of the molecule is COc1ccc(C(N)c2ncccn2)c(C)c1. The first-order valence-electron chi connectivity index (χ1n) is 5.39. The average molecular weight is 229 g/mol. The molecule has 0 aliphatic heterocycles. The Morgan fingerprint density at radius 2 is 1.94 bits per heavy atom. The molecule has 1 aromatic heterocycles. The van der Waals surface area contributed by atoms with Crippen molar-refractivity contribution < 1.29 is 4.74 Å². The van der Waals surface area contributed by atoms with Crippen LogP contribution in [0.1, 0.15) is 23.0 Å². The zero-order valence-electron chi connectivity index (χ0n) is 9.92. The minimum Gasteiger partial charge on any atom is -0.497 e. The fourth-order valence-corrected chi connectivity index (χ4v) is 1.73. The highest BCUT2D eigenvalue weighted by atomic mass is 16.5. The van der Waals surface area contributed by atoms with E-state index in [1.807, 2.05) is 25.1 Å². The Kier molecular flexibility index (Phi) is 3.35. The van der Waals surface area contributed by atoms with E-state index < -0.39 is 0 Å². The molecule has 2 aromatic rings. The van der Waals surface area contributed by atoms with Crippen molar-refractivity contribution in [3.63, 3.8) is 0 Å². The van der Waals surface area contributed by atoms with Crippen molar-refractivity contribution >= 4 is 0 Å². The van der Waals surface area contributed by atoms with Gasteiger partial charge in [0.25, 0.3) is 0 Å². The molecule has 0 aliphatic carbocycles. The number of hydrogen-bond acceptors (Lipinski definition) is 4. The van der Waals surface area contributed by atoms with Crippen LogP contribution in [0.15, 0.2) is 36.7 Å². The molecule has 2 N–H and O–H groups in total. The third-order valence-corrected chi connectivity index (χ3v) is 2.68. The lowest BCUT2D eigenvalue weighted by molar-refractivity contribution is 0.414. The van der Waals surface area contributed by atoms with Crippen LogP contribution >= 0.6 is 0 Å². The van der Waals surface area contributed by atoms with Crippen molar-refractivity contribution in [2.24, 2.45) is 5.73 Å². The fourth-order valence-electron chi connectivity index (χ4n) is 1.73. The molecule has 1 atom stereocenters. The van der Waals surface area contributed by atoms with Gasteiger partial charge in [-0.05, 0) is 36.2 Å². The molecular weight excluding hydrogens is 214 g/mol. The Bertz CT molecular complexity index is 499. The van der Waals surface area contributed by atoms with Crippen LogP contribution in [0.2, 0.25) is 0 Å². The van der Waals surface area contributed by atoms with Crippen LogP contribution in [-0.2, 0) is 0 Å². The average Bonchev–Trinajstić information content (AvgIpc) is 2.39. The number of nitrogens with zero attached hydrogens (tertiary/aromatic N) is 2. The maximum absolute atomic E-state index is 6.14. The number of ether oxygens (including phenoxy) is 1. The van der Waals surface area contributed by atoms with Gasteiger partial charge in [-0.25, -0.2) is 9.97 Å². The summed E-state index contributed by atoms with van der Waals surface area (Å²) < 4.78 is 5.16.